The van der Waals surface area contributed by atoms with Crippen molar-refractivity contribution in [3.8, 4) is 5.75 Å². The van der Waals surface area contributed by atoms with Gasteiger partial charge < -0.3 is 14.6 Å². The van der Waals surface area contributed by atoms with Crippen molar-refractivity contribution in [1.82, 2.24) is 4.98 Å². The first-order chi connectivity index (χ1) is 20.5. The van der Waals surface area contributed by atoms with Gasteiger partial charge in [-0.15, -0.1) is 0 Å². The highest BCUT2D eigenvalue weighted by molar-refractivity contribution is 5.73. The van der Waals surface area contributed by atoms with Crippen LogP contribution in [0.15, 0.2) is 6.20 Å². The smallest absolute Gasteiger partial charge is 0.311 e. The van der Waals surface area contributed by atoms with E-state index in [9.17, 15) is 14.7 Å². The van der Waals surface area contributed by atoms with Gasteiger partial charge in [-0.05, 0) is 19.8 Å². The monoisotopic (exact) mass is 589 g/mol. The number of aromatic nitrogens is 1. The maximum Gasteiger partial charge on any atom is 0.311 e. The summed E-state index contributed by atoms with van der Waals surface area (Å²) in [6.45, 7) is 5.97. The Labute approximate surface area is 257 Å². The predicted octanol–water partition coefficient (Wildman–Crippen LogP) is 10.2. The van der Waals surface area contributed by atoms with Gasteiger partial charge in [-0.3, -0.25) is 14.6 Å². The van der Waals surface area contributed by atoms with E-state index in [1.54, 1.807) is 13.1 Å². The first kappa shape index (κ1) is 38.1. The molecule has 0 radical (unpaired) electrons. The summed E-state index contributed by atoms with van der Waals surface area (Å²) >= 11 is 0. The number of esters is 2. The molecule has 0 amide bonds. The predicted molar refractivity (Wildman–Crippen MR) is 172 cm³/mol. The van der Waals surface area contributed by atoms with Gasteiger partial charge in [-0.2, -0.15) is 0 Å². The maximum absolute atomic E-state index is 12.6. The van der Waals surface area contributed by atoms with Crippen molar-refractivity contribution in [2.24, 2.45) is 0 Å². The van der Waals surface area contributed by atoms with Crippen LogP contribution in [-0.2, 0) is 27.5 Å². The lowest BCUT2D eigenvalue weighted by Gasteiger charge is -2.16. The molecule has 0 saturated heterocycles. The first-order valence-electron chi connectivity index (χ1n) is 17.5. The van der Waals surface area contributed by atoms with Gasteiger partial charge in [0.1, 0.15) is 6.61 Å². The molecular formula is C36H63NO5. The summed E-state index contributed by atoms with van der Waals surface area (Å²) in [4.78, 5) is 29.3. The van der Waals surface area contributed by atoms with Crippen LogP contribution >= 0.6 is 0 Å². The molecule has 0 aliphatic heterocycles. The molecule has 0 fully saturated rings. The van der Waals surface area contributed by atoms with Gasteiger partial charge in [0.25, 0.3) is 0 Å². The van der Waals surface area contributed by atoms with Crippen LogP contribution in [0.1, 0.15) is 185 Å². The number of hydrogen-bond donors (Lipinski definition) is 1. The fourth-order valence-electron chi connectivity index (χ4n) is 5.36. The highest BCUT2D eigenvalue weighted by Gasteiger charge is 2.18. The lowest BCUT2D eigenvalue weighted by atomic mass is 10.1. The van der Waals surface area contributed by atoms with Crippen LogP contribution < -0.4 is 4.74 Å². The van der Waals surface area contributed by atoms with E-state index in [1.165, 1.54) is 103 Å². The Morgan fingerprint density at radius 2 is 1.05 bits per heavy atom. The zero-order chi connectivity index (χ0) is 30.7. The van der Waals surface area contributed by atoms with E-state index in [2.05, 4.69) is 18.8 Å². The Kier molecular flexibility index (Phi) is 24.2. The Balaban J connectivity index is 2.31. The highest BCUT2D eigenvalue weighted by Crippen LogP contribution is 2.27. The number of ether oxygens (including phenoxy) is 2. The van der Waals surface area contributed by atoms with Crippen molar-refractivity contribution >= 4 is 11.9 Å². The van der Waals surface area contributed by atoms with Crippen molar-refractivity contribution in [2.75, 3.05) is 0 Å². The summed E-state index contributed by atoms with van der Waals surface area (Å²) in [6.07, 6.45) is 29.3. The molecule has 42 heavy (non-hydrogen) atoms. The minimum absolute atomic E-state index is 0.0306. The molecule has 1 heterocycles. The second kappa shape index (κ2) is 26.7. The standard InChI is InChI=1S/C36H63NO5/c1-4-6-8-10-12-14-16-18-20-22-24-26-34(39)41-30-33-32(29-38)28-37-31(3)36(33)42-35(40)27-25-23-21-19-17-15-13-11-9-7-5-2/h28,38H,4-27,29-30H2,1-3H3. The SMILES string of the molecule is CCCCCCCCCCCCCC(=O)OCc1c(CO)cnc(C)c1OC(=O)CCCCCCCCCCCCC. The number of hydrogen-bond acceptors (Lipinski definition) is 6. The van der Waals surface area contributed by atoms with Gasteiger partial charge >= 0.3 is 11.9 Å². The summed E-state index contributed by atoms with van der Waals surface area (Å²) in [5, 5.41) is 9.84. The molecule has 0 atom stereocenters. The minimum atomic E-state index is -0.306. The number of rotatable bonds is 28. The summed E-state index contributed by atoms with van der Waals surface area (Å²) in [6, 6.07) is 0. The van der Waals surface area contributed by atoms with Crippen molar-refractivity contribution in [1.29, 1.82) is 0 Å². The first-order valence-corrected chi connectivity index (χ1v) is 17.5. The van der Waals surface area contributed by atoms with E-state index < -0.39 is 0 Å². The van der Waals surface area contributed by atoms with E-state index in [0.717, 1.165) is 38.5 Å². The van der Waals surface area contributed by atoms with Gasteiger partial charge in [0.15, 0.2) is 5.75 Å². The fraction of sp³-hybridized carbons (Fsp3) is 0.806. The Hall–Kier alpha value is -1.95. The largest absolute Gasteiger partial charge is 0.461 e. The van der Waals surface area contributed by atoms with E-state index >= 15 is 0 Å². The molecule has 0 aliphatic carbocycles. The summed E-state index contributed by atoms with van der Waals surface area (Å²) in [5.41, 5.74) is 1.60. The number of carbonyl (C=O) groups is 2. The topological polar surface area (TPSA) is 85.7 Å². The summed E-state index contributed by atoms with van der Waals surface area (Å²) < 4.78 is 11.3. The summed E-state index contributed by atoms with van der Waals surface area (Å²) in [7, 11) is 0. The minimum Gasteiger partial charge on any atom is -0.461 e. The molecule has 0 unspecified atom stereocenters. The van der Waals surface area contributed by atoms with Gasteiger partial charge in [0, 0.05) is 30.2 Å². The third kappa shape index (κ3) is 19.3. The number of unbranched alkanes of at least 4 members (excludes halogenated alkanes) is 20. The normalized spacial score (nSPS) is 11.1. The molecule has 242 valence electrons. The molecule has 0 spiro atoms. The van der Waals surface area contributed by atoms with E-state index in [0.29, 0.717) is 35.4 Å². The number of nitrogens with zero attached hydrogens (tertiary/aromatic N) is 1. The van der Waals surface area contributed by atoms with Crippen LogP contribution in [0.3, 0.4) is 0 Å². The van der Waals surface area contributed by atoms with Gasteiger partial charge in [0.2, 0.25) is 0 Å². The molecule has 0 aromatic carbocycles. The molecule has 6 heteroatoms. The number of pyridine rings is 1. The fourth-order valence-corrected chi connectivity index (χ4v) is 5.36. The van der Waals surface area contributed by atoms with Gasteiger partial charge in [-0.1, -0.05) is 142 Å². The van der Waals surface area contributed by atoms with Gasteiger partial charge in [0.05, 0.1) is 12.3 Å². The number of aliphatic hydroxyl groups is 1. The molecule has 0 saturated carbocycles. The molecule has 0 bridgehead atoms. The lowest BCUT2D eigenvalue weighted by molar-refractivity contribution is -0.145. The van der Waals surface area contributed by atoms with E-state index in [-0.39, 0.29) is 25.2 Å². The Bertz CT molecular complexity index is 825. The maximum atomic E-state index is 12.6. The van der Waals surface area contributed by atoms with Crippen molar-refractivity contribution in [3.05, 3.63) is 23.0 Å². The average molecular weight is 590 g/mol. The molecule has 1 aromatic rings. The summed E-state index contributed by atoms with van der Waals surface area (Å²) in [5.74, 6) is -0.251. The average Bonchev–Trinajstić information content (AvgIpc) is 2.99. The number of aliphatic hydroxyl groups excluding tert-OH is 1. The van der Waals surface area contributed by atoms with Crippen LogP contribution in [0.4, 0.5) is 0 Å². The number of aryl methyl sites for hydroxylation is 1. The Morgan fingerprint density at radius 3 is 1.48 bits per heavy atom. The van der Waals surface area contributed by atoms with Crippen molar-refractivity contribution in [3.63, 3.8) is 0 Å². The third-order valence-corrected chi connectivity index (χ3v) is 8.14. The van der Waals surface area contributed by atoms with Gasteiger partial charge in [-0.25, -0.2) is 0 Å². The van der Waals surface area contributed by atoms with Crippen molar-refractivity contribution < 1.29 is 24.2 Å². The van der Waals surface area contributed by atoms with Crippen LogP contribution in [0, 0.1) is 6.92 Å². The highest BCUT2D eigenvalue weighted by atomic mass is 16.5. The van der Waals surface area contributed by atoms with Crippen LogP contribution in [0.5, 0.6) is 5.75 Å². The molecule has 0 aliphatic rings. The molecule has 1 aromatic heterocycles. The van der Waals surface area contributed by atoms with Crippen LogP contribution in [0.2, 0.25) is 0 Å². The van der Waals surface area contributed by atoms with E-state index in [4.69, 9.17) is 9.47 Å². The van der Waals surface area contributed by atoms with Crippen LogP contribution in [-0.4, -0.2) is 22.0 Å². The van der Waals surface area contributed by atoms with Crippen molar-refractivity contribution in [2.45, 2.75) is 188 Å². The van der Waals surface area contributed by atoms with Crippen LogP contribution in [0.25, 0.3) is 0 Å². The molecular weight excluding hydrogens is 526 g/mol. The molecule has 1 N–H and O–H groups in total. The molecule has 6 nitrogen and oxygen atoms in total. The quantitative estimate of drug-likeness (QED) is 0.0773. The zero-order valence-electron chi connectivity index (χ0n) is 27.5. The van der Waals surface area contributed by atoms with E-state index in [1.807, 2.05) is 0 Å². The second-order valence-electron chi connectivity index (χ2n) is 12.0. The zero-order valence-corrected chi connectivity index (χ0v) is 27.5. The third-order valence-electron chi connectivity index (χ3n) is 8.14. The second-order valence-corrected chi connectivity index (χ2v) is 12.0. The lowest BCUT2D eigenvalue weighted by Crippen LogP contribution is -2.14. The number of carbonyl (C=O) groups excluding carboxylic acids is 2. The Morgan fingerprint density at radius 1 is 0.643 bits per heavy atom. The molecule has 1 rings (SSSR count).